The van der Waals surface area contributed by atoms with Gasteiger partial charge in [0, 0.05) is 17.0 Å². The molecule has 0 aliphatic heterocycles. The van der Waals surface area contributed by atoms with Crippen LogP contribution in [0.15, 0.2) is 30.5 Å². The molecule has 0 fully saturated rings. The third-order valence-corrected chi connectivity index (χ3v) is 1.86. The number of nitriles is 1. The van der Waals surface area contributed by atoms with Gasteiger partial charge in [0.05, 0.1) is 0 Å². The highest BCUT2D eigenvalue weighted by Gasteiger charge is 2.00. The Bertz CT molecular complexity index is 500. The summed E-state index contributed by atoms with van der Waals surface area (Å²) in [6.07, 6.45) is 1.58. The fraction of sp³-hybridized carbons (Fsp3) is 0. The number of phenolic OH excluding ortho intramolecular Hbond substituents is 1. The summed E-state index contributed by atoms with van der Waals surface area (Å²) < 4.78 is 0. The number of hydrogen-bond donors (Lipinski definition) is 1. The van der Waals surface area contributed by atoms with E-state index in [1.54, 1.807) is 24.4 Å². The van der Waals surface area contributed by atoms with E-state index in [4.69, 9.17) is 5.26 Å². The lowest BCUT2D eigenvalue weighted by atomic mass is 10.1. The molecule has 0 aliphatic carbocycles. The van der Waals surface area contributed by atoms with Crippen molar-refractivity contribution in [3.05, 3.63) is 36.2 Å². The Morgan fingerprint density at radius 2 is 2.23 bits per heavy atom. The number of benzene rings is 1. The van der Waals surface area contributed by atoms with Crippen LogP contribution in [0.1, 0.15) is 5.69 Å². The van der Waals surface area contributed by atoms with Crippen molar-refractivity contribution in [2.24, 2.45) is 0 Å². The van der Waals surface area contributed by atoms with Gasteiger partial charge in [-0.3, -0.25) is 0 Å². The number of nitrogens with zero attached hydrogens (tertiary/aromatic N) is 2. The van der Waals surface area contributed by atoms with Crippen molar-refractivity contribution < 1.29 is 5.11 Å². The number of rotatable bonds is 0. The predicted octanol–water partition coefficient (Wildman–Crippen LogP) is 1.81. The predicted molar refractivity (Wildman–Crippen MR) is 48.1 cm³/mol. The molecule has 1 aromatic heterocycles. The molecule has 62 valence electrons. The number of aromatic hydroxyl groups is 1. The smallest absolute Gasteiger partial charge is 0.141 e. The van der Waals surface area contributed by atoms with Gasteiger partial charge in [-0.05, 0) is 12.1 Å². The van der Waals surface area contributed by atoms with Gasteiger partial charge in [0.15, 0.2) is 0 Å². The molecular weight excluding hydrogens is 164 g/mol. The molecule has 0 aliphatic rings. The molecule has 1 heterocycles. The quantitative estimate of drug-likeness (QED) is 0.656. The van der Waals surface area contributed by atoms with Crippen LogP contribution in [0.25, 0.3) is 10.8 Å². The van der Waals surface area contributed by atoms with Crippen LogP contribution in [-0.4, -0.2) is 10.1 Å². The minimum Gasteiger partial charge on any atom is -0.507 e. The second-order valence-corrected chi connectivity index (χ2v) is 2.68. The molecule has 0 radical (unpaired) electrons. The normalized spacial score (nSPS) is 9.77. The first kappa shape index (κ1) is 7.56. The molecule has 0 saturated carbocycles. The summed E-state index contributed by atoms with van der Waals surface area (Å²) in [5.41, 5.74) is 0.314. The van der Waals surface area contributed by atoms with E-state index in [-0.39, 0.29) is 5.75 Å². The molecule has 0 amide bonds. The Kier molecular flexibility index (Phi) is 1.60. The lowest BCUT2D eigenvalue weighted by molar-refractivity contribution is 0.481. The molecule has 13 heavy (non-hydrogen) atoms. The van der Waals surface area contributed by atoms with E-state index in [0.29, 0.717) is 11.1 Å². The molecule has 0 saturated heterocycles. The van der Waals surface area contributed by atoms with Gasteiger partial charge >= 0.3 is 0 Å². The molecule has 0 bridgehead atoms. The lowest BCUT2D eigenvalue weighted by Crippen LogP contribution is -1.82. The molecule has 2 aromatic rings. The Morgan fingerprint density at radius 3 is 3.00 bits per heavy atom. The molecular formula is C10H6N2O. The molecule has 0 unspecified atom stereocenters. The van der Waals surface area contributed by atoms with Crippen molar-refractivity contribution in [1.82, 2.24) is 4.98 Å². The molecule has 0 spiro atoms. The summed E-state index contributed by atoms with van der Waals surface area (Å²) in [4.78, 5) is 3.89. The fourth-order valence-electron chi connectivity index (χ4n) is 1.21. The zero-order chi connectivity index (χ0) is 9.26. The maximum Gasteiger partial charge on any atom is 0.141 e. The monoisotopic (exact) mass is 170 g/mol. The van der Waals surface area contributed by atoms with Gasteiger partial charge in [-0.15, -0.1) is 0 Å². The maximum absolute atomic E-state index is 9.45. The summed E-state index contributed by atoms with van der Waals surface area (Å²) in [5, 5.41) is 19.5. The van der Waals surface area contributed by atoms with E-state index < -0.39 is 0 Å². The first-order valence-corrected chi connectivity index (χ1v) is 3.79. The third-order valence-electron chi connectivity index (χ3n) is 1.86. The summed E-state index contributed by atoms with van der Waals surface area (Å²) in [6, 6.07) is 8.66. The number of aromatic nitrogens is 1. The van der Waals surface area contributed by atoms with Gasteiger partial charge in [-0.2, -0.15) is 5.26 Å². The van der Waals surface area contributed by atoms with Gasteiger partial charge in [0.25, 0.3) is 0 Å². The van der Waals surface area contributed by atoms with Crippen LogP contribution in [0, 0.1) is 11.3 Å². The van der Waals surface area contributed by atoms with Crippen molar-refractivity contribution in [3.8, 4) is 11.8 Å². The average Bonchev–Trinajstić information content (AvgIpc) is 2.18. The van der Waals surface area contributed by atoms with Crippen LogP contribution >= 0.6 is 0 Å². The molecule has 1 aromatic carbocycles. The Labute approximate surface area is 74.9 Å². The maximum atomic E-state index is 9.45. The van der Waals surface area contributed by atoms with Gasteiger partial charge in [-0.1, -0.05) is 12.1 Å². The molecule has 1 N–H and O–H groups in total. The second-order valence-electron chi connectivity index (χ2n) is 2.68. The largest absolute Gasteiger partial charge is 0.507 e. The summed E-state index contributed by atoms with van der Waals surface area (Å²) >= 11 is 0. The van der Waals surface area contributed by atoms with E-state index >= 15 is 0 Å². The number of pyridine rings is 1. The van der Waals surface area contributed by atoms with Crippen LogP contribution in [-0.2, 0) is 0 Å². The Morgan fingerprint density at radius 1 is 1.38 bits per heavy atom. The van der Waals surface area contributed by atoms with Crippen molar-refractivity contribution in [3.63, 3.8) is 0 Å². The second kappa shape index (κ2) is 2.76. The summed E-state index contributed by atoms with van der Waals surface area (Å²) in [7, 11) is 0. The first-order valence-electron chi connectivity index (χ1n) is 3.79. The Hall–Kier alpha value is -2.08. The summed E-state index contributed by atoms with van der Waals surface area (Å²) in [5.74, 6) is 0.177. The Balaban J connectivity index is 2.84. The van der Waals surface area contributed by atoms with Crippen molar-refractivity contribution in [2.45, 2.75) is 0 Å². The third kappa shape index (κ3) is 1.18. The van der Waals surface area contributed by atoms with E-state index in [9.17, 15) is 5.11 Å². The number of fused-ring (bicyclic) bond motifs is 1. The lowest BCUT2D eigenvalue weighted by Gasteiger charge is -1.99. The van der Waals surface area contributed by atoms with Crippen LogP contribution < -0.4 is 0 Å². The fourth-order valence-corrected chi connectivity index (χ4v) is 1.21. The minimum atomic E-state index is 0.177. The highest BCUT2D eigenvalue weighted by Crippen LogP contribution is 2.23. The minimum absolute atomic E-state index is 0.177. The summed E-state index contributed by atoms with van der Waals surface area (Å²) in [6.45, 7) is 0. The molecule has 0 atom stereocenters. The zero-order valence-electron chi connectivity index (χ0n) is 6.73. The van der Waals surface area contributed by atoms with E-state index in [1.165, 1.54) is 0 Å². The van der Waals surface area contributed by atoms with Crippen LogP contribution in [0.4, 0.5) is 0 Å². The zero-order valence-corrected chi connectivity index (χ0v) is 6.73. The van der Waals surface area contributed by atoms with Crippen LogP contribution in [0.2, 0.25) is 0 Å². The standard InChI is InChI=1S/C10H6N2O/c11-5-8-4-9-7(6-12-8)2-1-3-10(9)13/h1-4,6,13H. The topological polar surface area (TPSA) is 56.9 Å². The van der Waals surface area contributed by atoms with Gasteiger partial charge < -0.3 is 5.11 Å². The van der Waals surface area contributed by atoms with Gasteiger partial charge in [-0.25, -0.2) is 4.98 Å². The van der Waals surface area contributed by atoms with E-state index in [0.717, 1.165) is 5.39 Å². The first-order chi connectivity index (χ1) is 6.31. The average molecular weight is 170 g/mol. The van der Waals surface area contributed by atoms with Crippen LogP contribution in [0.5, 0.6) is 5.75 Å². The molecule has 2 rings (SSSR count). The van der Waals surface area contributed by atoms with E-state index in [1.807, 2.05) is 12.1 Å². The van der Waals surface area contributed by atoms with E-state index in [2.05, 4.69) is 4.98 Å². The molecule has 3 heteroatoms. The molecule has 3 nitrogen and oxygen atoms in total. The van der Waals surface area contributed by atoms with Crippen LogP contribution in [0.3, 0.4) is 0 Å². The number of hydrogen-bond acceptors (Lipinski definition) is 3. The highest BCUT2D eigenvalue weighted by atomic mass is 16.3. The van der Waals surface area contributed by atoms with Crippen molar-refractivity contribution in [2.75, 3.05) is 0 Å². The van der Waals surface area contributed by atoms with Crippen molar-refractivity contribution in [1.29, 1.82) is 5.26 Å². The number of phenols is 1. The SMILES string of the molecule is N#Cc1cc2c(O)cccc2cn1. The van der Waals surface area contributed by atoms with Crippen molar-refractivity contribution >= 4 is 10.8 Å². The van der Waals surface area contributed by atoms with Gasteiger partial charge in [0.2, 0.25) is 0 Å². The van der Waals surface area contributed by atoms with Gasteiger partial charge in [0.1, 0.15) is 17.5 Å². The highest BCUT2D eigenvalue weighted by molar-refractivity contribution is 5.87.